The van der Waals surface area contributed by atoms with Gasteiger partial charge in [0.05, 0.1) is 10.0 Å². The molecule has 24 heavy (non-hydrogen) atoms. The maximum Gasteiger partial charge on any atom is 0.226 e. The molecule has 0 N–H and O–H groups in total. The zero-order valence-electron chi connectivity index (χ0n) is 14.9. The molecular weight excluding hydrogens is 341 g/mol. The summed E-state index contributed by atoms with van der Waals surface area (Å²) in [6, 6.07) is 6.06. The SMILES string of the molecule is CCCCCC(CCC)C(=O)N(Cc1cccc(Cl)c1Cl)C1CC1. The Morgan fingerprint density at radius 1 is 1.17 bits per heavy atom. The Balaban J connectivity index is 2.10. The highest BCUT2D eigenvalue weighted by molar-refractivity contribution is 6.42. The van der Waals surface area contributed by atoms with Gasteiger partial charge in [-0.25, -0.2) is 0 Å². The molecule has 2 rings (SSSR count). The highest BCUT2D eigenvalue weighted by atomic mass is 35.5. The predicted molar refractivity (Wildman–Crippen MR) is 103 cm³/mol. The fourth-order valence-electron chi connectivity index (χ4n) is 3.24. The van der Waals surface area contributed by atoms with Crippen LogP contribution in [0.5, 0.6) is 0 Å². The molecular formula is C20H29Cl2NO. The summed E-state index contributed by atoms with van der Waals surface area (Å²) in [6.07, 6.45) is 8.80. The van der Waals surface area contributed by atoms with Crippen LogP contribution in [0.25, 0.3) is 0 Å². The van der Waals surface area contributed by atoms with Crippen molar-refractivity contribution in [2.24, 2.45) is 5.92 Å². The Bertz CT molecular complexity index is 542. The number of hydrogen-bond acceptors (Lipinski definition) is 1. The largest absolute Gasteiger partial charge is 0.335 e. The molecule has 0 spiro atoms. The Morgan fingerprint density at radius 2 is 1.92 bits per heavy atom. The van der Waals surface area contributed by atoms with Crippen molar-refractivity contribution in [3.8, 4) is 0 Å². The van der Waals surface area contributed by atoms with E-state index in [1.807, 2.05) is 12.1 Å². The van der Waals surface area contributed by atoms with Gasteiger partial charge in [-0.1, -0.05) is 74.9 Å². The predicted octanol–water partition coefficient (Wildman–Crippen LogP) is 6.48. The van der Waals surface area contributed by atoms with Crippen molar-refractivity contribution in [2.75, 3.05) is 0 Å². The fourth-order valence-corrected chi connectivity index (χ4v) is 3.62. The Kier molecular flexibility index (Phi) is 7.90. The van der Waals surface area contributed by atoms with Crippen molar-refractivity contribution in [3.05, 3.63) is 33.8 Å². The topological polar surface area (TPSA) is 20.3 Å². The zero-order chi connectivity index (χ0) is 17.5. The number of benzene rings is 1. The van der Waals surface area contributed by atoms with Crippen molar-refractivity contribution in [2.45, 2.75) is 77.8 Å². The van der Waals surface area contributed by atoms with Gasteiger partial charge < -0.3 is 4.90 Å². The summed E-state index contributed by atoms with van der Waals surface area (Å²) in [5.74, 6) is 0.464. The van der Waals surface area contributed by atoms with Crippen LogP contribution in [0.3, 0.4) is 0 Å². The van der Waals surface area contributed by atoms with Crippen LogP contribution in [0.4, 0.5) is 0 Å². The molecule has 1 aromatic rings. The molecule has 0 bridgehead atoms. The monoisotopic (exact) mass is 369 g/mol. The summed E-state index contributed by atoms with van der Waals surface area (Å²) in [6.45, 7) is 4.95. The zero-order valence-corrected chi connectivity index (χ0v) is 16.4. The summed E-state index contributed by atoms with van der Waals surface area (Å²) >= 11 is 12.5. The summed E-state index contributed by atoms with van der Waals surface area (Å²) in [4.78, 5) is 15.2. The van der Waals surface area contributed by atoms with Gasteiger partial charge >= 0.3 is 0 Å². The lowest BCUT2D eigenvalue weighted by molar-refractivity contribution is -0.137. The second-order valence-electron chi connectivity index (χ2n) is 6.89. The number of carbonyl (C=O) groups excluding carboxylic acids is 1. The molecule has 1 aliphatic carbocycles. The molecule has 0 aromatic heterocycles. The Labute approximate surface area is 156 Å². The standard InChI is InChI=1S/C20H29Cl2NO/c1-3-5-6-9-15(8-4-2)20(24)23(17-12-13-17)14-16-10-7-11-18(21)19(16)22/h7,10-11,15,17H,3-6,8-9,12-14H2,1-2H3. The maximum absolute atomic E-state index is 13.2. The number of carbonyl (C=O) groups is 1. The van der Waals surface area contributed by atoms with Gasteiger partial charge in [-0.2, -0.15) is 0 Å². The van der Waals surface area contributed by atoms with Gasteiger partial charge in [0.2, 0.25) is 5.91 Å². The first-order chi connectivity index (χ1) is 11.6. The second kappa shape index (κ2) is 9.68. The summed E-state index contributed by atoms with van der Waals surface area (Å²) in [5.41, 5.74) is 0.952. The number of amides is 1. The minimum atomic E-state index is 0.153. The van der Waals surface area contributed by atoms with Crippen LogP contribution < -0.4 is 0 Å². The molecule has 1 aromatic carbocycles. The molecule has 1 unspecified atom stereocenters. The van der Waals surface area contributed by atoms with E-state index in [0.29, 0.717) is 28.5 Å². The summed E-state index contributed by atoms with van der Waals surface area (Å²) in [5, 5.41) is 1.14. The van der Waals surface area contributed by atoms with Crippen LogP contribution in [0, 0.1) is 5.92 Å². The molecule has 0 radical (unpaired) electrons. The second-order valence-corrected chi connectivity index (χ2v) is 7.68. The van der Waals surface area contributed by atoms with Gasteiger partial charge in [0.25, 0.3) is 0 Å². The van der Waals surface area contributed by atoms with Crippen molar-refractivity contribution in [1.82, 2.24) is 4.90 Å². The van der Waals surface area contributed by atoms with E-state index in [1.165, 1.54) is 12.8 Å². The third-order valence-electron chi connectivity index (χ3n) is 4.79. The molecule has 4 heteroatoms. The molecule has 0 aliphatic heterocycles. The number of hydrogen-bond donors (Lipinski definition) is 0. The van der Waals surface area contributed by atoms with Crippen LogP contribution >= 0.6 is 23.2 Å². The van der Waals surface area contributed by atoms with E-state index < -0.39 is 0 Å². The van der Waals surface area contributed by atoms with Gasteiger partial charge in [0.1, 0.15) is 0 Å². The van der Waals surface area contributed by atoms with Gasteiger partial charge in [0, 0.05) is 18.5 Å². The van der Waals surface area contributed by atoms with Crippen LogP contribution in [-0.4, -0.2) is 16.8 Å². The normalized spacial score (nSPS) is 15.3. The molecule has 2 nitrogen and oxygen atoms in total. The maximum atomic E-state index is 13.2. The first-order valence-electron chi connectivity index (χ1n) is 9.31. The van der Waals surface area contributed by atoms with Crippen LogP contribution in [-0.2, 0) is 11.3 Å². The summed E-state index contributed by atoms with van der Waals surface area (Å²) in [7, 11) is 0. The Morgan fingerprint density at radius 3 is 2.54 bits per heavy atom. The van der Waals surface area contributed by atoms with E-state index in [2.05, 4.69) is 18.7 Å². The molecule has 1 fully saturated rings. The summed E-state index contributed by atoms with van der Waals surface area (Å²) < 4.78 is 0. The lowest BCUT2D eigenvalue weighted by Gasteiger charge is -2.28. The lowest BCUT2D eigenvalue weighted by Crippen LogP contribution is -2.37. The molecule has 1 amide bonds. The number of rotatable bonds is 10. The van der Waals surface area contributed by atoms with Crippen molar-refractivity contribution >= 4 is 29.1 Å². The number of nitrogens with zero attached hydrogens (tertiary/aromatic N) is 1. The van der Waals surface area contributed by atoms with Gasteiger partial charge in [-0.05, 0) is 37.3 Å². The minimum Gasteiger partial charge on any atom is -0.335 e. The minimum absolute atomic E-state index is 0.153. The molecule has 0 saturated heterocycles. The number of unbranched alkanes of at least 4 members (excludes halogenated alkanes) is 2. The van der Waals surface area contributed by atoms with E-state index in [9.17, 15) is 4.79 Å². The van der Waals surface area contributed by atoms with Gasteiger partial charge in [-0.3, -0.25) is 4.79 Å². The average molecular weight is 370 g/mol. The van der Waals surface area contributed by atoms with Gasteiger partial charge in [0.15, 0.2) is 0 Å². The van der Waals surface area contributed by atoms with Crippen molar-refractivity contribution in [1.29, 1.82) is 0 Å². The quantitative estimate of drug-likeness (QED) is 0.432. The van der Waals surface area contributed by atoms with Crippen LogP contribution in [0.2, 0.25) is 10.0 Å². The van der Waals surface area contributed by atoms with E-state index >= 15 is 0 Å². The molecule has 1 atom stereocenters. The van der Waals surface area contributed by atoms with E-state index in [0.717, 1.165) is 44.1 Å². The van der Waals surface area contributed by atoms with Crippen molar-refractivity contribution < 1.29 is 4.79 Å². The fraction of sp³-hybridized carbons (Fsp3) is 0.650. The third kappa shape index (κ3) is 5.39. The van der Waals surface area contributed by atoms with Gasteiger partial charge in [-0.15, -0.1) is 0 Å². The molecule has 0 heterocycles. The average Bonchev–Trinajstić information content (AvgIpc) is 3.40. The van der Waals surface area contributed by atoms with E-state index in [1.54, 1.807) is 6.07 Å². The van der Waals surface area contributed by atoms with Crippen molar-refractivity contribution in [3.63, 3.8) is 0 Å². The first-order valence-corrected chi connectivity index (χ1v) is 10.1. The molecule has 134 valence electrons. The smallest absolute Gasteiger partial charge is 0.226 e. The lowest BCUT2D eigenvalue weighted by atomic mass is 9.94. The molecule has 1 aliphatic rings. The highest BCUT2D eigenvalue weighted by Gasteiger charge is 2.35. The highest BCUT2D eigenvalue weighted by Crippen LogP contribution is 2.34. The first kappa shape index (κ1) is 19.6. The van der Waals surface area contributed by atoms with E-state index in [4.69, 9.17) is 23.2 Å². The third-order valence-corrected chi connectivity index (χ3v) is 5.64. The number of halogens is 2. The van der Waals surface area contributed by atoms with Crippen LogP contribution in [0.15, 0.2) is 18.2 Å². The Hall–Kier alpha value is -0.730. The van der Waals surface area contributed by atoms with E-state index in [-0.39, 0.29) is 5.92 Å². The molecule has 1 saturated carbocycles. The van der Waals surface area contributed by atoms with Crippen LogP contribution in [0.1, 0.15) is 70.8 Å².